The highest BCUT2D eigenvalue weighted by molar-refractivity contribution is 9.10. The van der Waals surface area contributed by atoms with Crippen LogP contribution in [0.5, 0.6) is 0 Å². The number of carbonyl (C=O) groups is 2. The van der Waals surface area contributed by atoms with Crippen molar-refractivity contribution in [1.29, 1.82) is 0 Å². The summed E-state index contributed by atoms with van der Waals surface area (Å²) in [5, 5.41) is 23.8. The smallest absolute Gasteiger partial charge is 0.293 e. The van der Waals surface area contributed by atoms with E-state index in [0.29, 0.717) is 5.56 Å². The number of rotatable bonds is 3. The summed E-state index contributed by atoms with van der Waals surface area (Å²) in [6.07, 6.45) is 0. The summed E-state index contributed by atoms with van der Waals surface area (Å²) in [5.41, 5.74) is 0.623. The Morgan fingerprint density at radius 2 is 1.68 bits per heavy atom. The van der Waals surface area contributed by atoms with Gasteiger partial charge in [0.15, 0.2) is 0 Å². The summed E-state index contributed by atoms with van der Waals surface area (Å²) < 4.78 is 0.831. The highest BCUT2D eigenvalue weighted by atomic mass is 79.9. The summed E-state index contributed by atoms with van der Waals surface area (Å²) >= 11 is 3.31. The van der Waals surface area contributed by atoms with E-state index in [1.807, 2.05) is 0 Å². The Morgan fingerprint density at radius 1 is 1.08 bits per heavy atom. The van der Waals surface area contributed by atoms with E-state index in [1.54, 1.807) is 24.3 Å². The molecule has 1 atom stereocenters. The minimum Gasteiger partial charge on any atom is -0.507 e. The Bertz CT molecular complexity index is 904. The first kappa shape index (κ1) is 16.8. The number of non-ortho nitro benzene ring substituents is 1. The maximum Gasteiger partial charge on any atom is 0.293 e. The van der Waals surface area contributed by atoms with Crippen molar-refractivity contribution in [1.82, 2.24) is 5.32 Å². The van der Waals surface area contributed by atoms with Crippen LogP contribution in [0, 0.1) is 10.1 Å². The molecule has 0 radical (unpaired) electrons. The predicted octanol–water partition coefficient (Wildman–Crippen LogP) is 3.07. The van der Waals surface area contributed by atoms with E-state index >= 15 is 0 Å². The summed E-state index contributed by atoms with van der Waals surface area (Å²) in [6, 6.07) is 11.3. The van der Waals surface area contributed by atoms with E-state index in [-0.39, 0.29) is 22.6 Å². The van der Waals surface area contributed by atoms with Gasteiger partial charge in [0.1, 0.15) is 5.76 Å². The van der Waals surface area contributed by atoms with E-state index in [9.17, 15) is 24.8 Å². The topological polar surface area (TPSA) is 110 Å². The molecule has 0 saturated carbocycles. The van der Waals surface area contributed by atoms with Crippen LogP contribution in [0.3, 0.4) is 0 Å². The summed E-state index contributed by atoms with van der Waals surface area (Å²) in [6.45, 7) is 0. The van der Waals surface area contributed by atoms with Crippen molar-refractivity contribution in [2.45, 2.75) is 6.04 Å². The molecular weight excluding hydrogens is 392 g/mol. The molecule has 1 fully saturated rings. The number of nitrogens with zero attached hydrogens (tertiary/aromatic N) is 1. The lowest BCUT2D eigenvalue weighted by atomic mass is 9.96. The number of ketones is 1. The third-order valence-electron chi connectivity index (χ3n) is 3.82. The maximum absolute atomic E-state index is 12.2. The number of nitro groups is 1. The van der Waals surface area contributed by atoms with Crippen molar-refractivity contribution >= 4 is 39.1 Å². The van der Waals surface area contributed by atoms with Gasteiger partial charge in [0.25, 0.3) is 17.4 Å². The van der Waals surface area contributed by atoms with E-state index in [2.05, 4.69) is 21.2 Å². The van der Waals surface area contributed by atoms with Gasteiger partial charge in [-0.2, -0.15) is 0 Å². The van der Waals surface area contributed by atoms with Crippen molar-refractivity contribution in [3.8, 4) is 0 Å². The number of aliphatic hydroxyl groups is 1. The van der Waals surface area contributed by atoms with Gasteiger partial charge in [-0.25, -0.2) is 0 Å². The van der Waals surface area contributed by atoms with Crippen LogP contribution in [0.25, 0.3) is 5.76 Å². The summed E-state index contributed by atoms with van der Waals surface area (Å²) in [4.78, 5) is 34.2. The number of nitro benzene ring substituents is 1. The number of Topliss-reactive ketones (excluding diaryl/α,β-unsaturated/α-hetero) is 1. The average Bonchev–Trinajstić information content (AvgIpc) is 2.90. The molecule has 0 unspecified atom stereocenters. The SMILES string of the molecule is O=C1N[C@@H](c2ccc(Br)cc2)C(=C(O)c2ccc([N+](=O)[O-])cc2)C1=O. The van der Waals surface area contributed by atoms with Gasteiger partial charge >= 0.3 is 0 Å². The fourth-order valence-electron chi connectivity index (χ4n) is 2.57. The van der Waals surface area contributed by atoms with Gasteiger partial charge in [-0.05, 0) is 29.8 Å². The molecule has 2 N–H and O–H groups in total. The van der Waals surface area contributed by atoms with Gasteiger partial charge in [0, 0.05) is 22.2 Å². The zero-order chi connectivity index (χ0) is 18.1. The zero-order valence-electron chi connectivity index (χ0n) is 12.6. The van der Waals surface area contributed by atoms with E-state index in [1.165, 1.54) is 24.3 Å². The number of carbonyl (C=O) groups excluding carboxylic acids is 2. The minimum absolute atomic E-state index is 0.0822. The first-order chi connectivity index (χ1) is 11.9. The molecule has 7 nitrogen and oxygen atoms in total. The molecule has 2 aromatic rings. The van der Waals surface area contributed by atoms with Crippen LogP contribution in [-0.2, 0) is 9.59 Å². The van der Waals surface area contributed by atoms with Crippen molar-refractivity contribution < 1.29 is 19.6 Å². The fourth-order valence-corrected chi connectivity index (χ4v) is 2.83. The average molecular weight is 403 g/mol. The molecule has 2 aromatic carbocycles. The summed E-state index contributed by atoms with van der Waals surface area (Å²) in [7, 11) is 0. The molecule has 0 aliphatic carbocycles. The van der Waals surface area contributed by atoms with Crippen molar-refractivity contribution in [2.75, 3.05) is 0 Å². The van der Waals surface area contributed by atoms with Crippen LogP contribution < -0.4 is 5.32 Å². The second-order valence-electron chi connectivity index (χ2n) is 5.35. The fraction of sp³-hybridized carbons (Fsp3) is 0.0588. The molecule has 126 valence electrons. The van der Waals surface area contributed by atoms with Crippen LogP contribution >= 0.6 is 15.9 Å². The molecule has 1 amide bonds. The van der Waals surface area contributed by atoms with Crippen molar-refractivity contribution in [3.05, 3.63) is 79.8 Å². The lowest BCUT2D eigenvalue weighted by Crippen LogP contribution is -2.21. The Balaban J connectivity index is 2.07. The summed E-state index contributed by atoms with van der Waals surface area (Å²) in [5.74, 6) is -2.02. The molecule has 3 rings (SSSR count). The van der Waals surface area contributed by atoms with Gasteiger partial charge in [0.2, 0.25) is 0 Å². The monoisotopic (exact) mass is 402 g/mol. The standard InChI is InChI=1S/C17H11BrN2O5/c18-11-5-1-9(2-6-11)14-13(16(22)17(23)19-14)15(21)10-3-7-12(8-4-10)20(24)25/h1-8,14,21H,(H,19,23)/t14-/m0/s1. The van der Waals surface area contributed by atoms with Crippen LogP contribution in [0.2, 0.25) is 0 Å². The van der Waals surface area contributed by atoms with Gasteiger partial charge in [-0.15, -0.1) is 0 Å². The highest BCUT2D eigenvalue weighted by Gasteiger charge is 2.39. The van der Waals surface area contributed by atoms with Crippen molar-refractivity contribution in [2.24, 2.45) is 0 Å². The molecule has 0 bridgehead atoms. The third kappa shape index (κ3) is 3.16. The van der Waals surface area contributed by atoms with Crippen molar-refractivity contribution in [3.63, 3.8) is 0 Å². The number of aliphatic hydroxyl groups excluding tert-OH is 1. The Kier molecular flexibility index (Phi) is 4.37. The number of hydrogen-bond donors (Lipinski definition) is 2. The minimum atomic E-state index is -0.830. The number of halogens is 1. The molecule has 1 heterocycles. The zero-order valence-corrected chi connectivity index (χ0v) is 14.2. The molecule has 8 heteroatoms. The second-order valence-corrected chi connectivity index (χ2v) is 6.27. The lowest BCUT2D eigenvalue weighted by molar-refractivity contribution is -0.384. The molecule has 1 aliphatic heterocycles. The molecule has 1 saturated heterocycles. The number of hydrogen-bond acceptors (Lipinski definition) is 5. The predicted molar refractivity (Wildman–Crippen MR) is 92.7 cm³/mol. The largest absolute Gasteiger partial charge is 0.507 e. The second kappa shape index (κ2) is 6.48. The third-order valence-corrected chi connectivity index (χ3v) is 4.35. The van der Waals surface area contributed by atoms with E-state index in [0.717, 1.165) is 4.47 Å². The first-order valence-corrected chi connectivity index (χ1v) is 7.96. The molecule has 1 aliphatic rings. The number of amides is 1. The van der Waals surface area contributed by atoms with Crippen LogP contribution in [0.4, 0.5) is 5.69 Å². The molecular formula is C17H11BrN2O5. The van der Waals surface area contributed by atoms with E-state index < -0.39 is 22.7 Å². The van der Waals surface area contributed by atoms with Crippen LogP contribution in [0.1, 0.15) is 17.2 Å². The van der Waals surface area contributed by atoms with Crippen LogP contribution in [-0.4, -0.2) is 21.7 Å². The van der Waals surface area contributed by atoms with Gasteiger partial charge < -0.3 is 10.4 Å². The first-order valence-electron chi connectivity index (χ1n) is 7.17. The number of benzene rings is 2. The molecule has 25 heavy (non-hydrogen) atoms. The van der Waals surface area contributed by atoms with Crippen LogP contribution in [0.15, 0.2) is 58.6 Å². The van der Waals surface area contributed by atoms with Gasteiger partial charge in [-0.3, -0.25) is 19.7 Å². The Labute approximate surface area is 150 Å². The van der Waals surface area contributed by atoms with Gasteiger partial charge in [-0.1, -0.05) is 28.1 Å². The maximum atomic E-state index is 12.2. The van der Waals surface area contributed by atoms with E-state index in [4.69, 9.17) is 0 Å². The normalized spacial score (nSPS) is 18.8. The molecule has 0 spiro atoms. The van der Waals surface area contributed by atoms with Gasteiger partial charge in [0.05, 0.1) is 16.5 Å². The lowest BCUT2D eigenvalue weighted by Gasteiger charge is -2.13. The highest BCUT2D eigenvalue weighted by Crippen LogP contribution is 2.33. The Hall–Kier alpha value is -3.00. The number of nitrogens with one attached hydrogen (secondary N) is 1. The quantitative estimate of drug-likeness (QED) is 0.269. The molecule has 0 aromatic heterocycles. The Morgan fingerprint density at radius 3 is 2.24 bits per heavy atom.